The Hall–Kier alpha value is -3.27. The molecule has 0 radical (unpaired) electrons. The lowest BCUT2D eigenvalue weighted by Gasteiger charge is -2.30. The lowest BCUT2D eigenvalue weighted by atomic mass is 9.92. The molecule has 1 fully saturated rings. The van der Waals surface area contributed by atoms with E-state index in [-0.39, 0.29) is 11.7 Å². The SMILES string of the molecule is C=CNC(c1ccc(OC(F)(F)F)cc1)C(C)(C)O.CN1CC(=O)Nc2cc(C3CC3)cnc21. The number of pyridine rings is 1. The van der Waals surface area contributed by atoms with Crippen molar-refractivity contribution in [2.24, 2.45) is 0 Å². The summed E-state index contributed by atoms with van der Waals surface area (Å²) in [4.78, 5) is 17.6. The molecule has 184 valence electrons. The van der Waals surface area contributed by atoms with E-state index in [1.165, 1.54) is 48.9 Å². The molecule has 1 amide bonds. The highest BCUT2D eigenvalue weighted by Crippen LogP contribution is 2.42. The number of benzene rings is 1. The van der Waals surface area contributed by atoms with Crippen molar-refractivity contribution in [2.45, 2.75) is 50.6 Å². The van der Waals surface area contributed by atoms with Gasteiger partial charge >= 0.3 is 6.36 Å². The maximum absolute atomic E-state index is 12.0. The zero-order valence-electron chi connectivity index (χ0n) is 19.3. The van der Waals surface area contributed by atoms with Gasteiger partial charge in [0.1, 0.15) is 5.75 Å². The highest BCUT2D eigenvalue weighted by molar-refractivity contribution is 6.00. The number of aliphatic hydroxyl groups is 1. The molecule has 2 heterocycles. The zero-order valence-corrected chi connectivity index (χ0v) is 19.3. The first kappa shape index (κ1) is 25.4. The van der Waals surface area contributed by atoms with Crippen LogP contribution < -0.4 is 20.3 Å². The van der Waals surface area contributed by atoms with Crippen molar-refractivity contribution in [1.29, 1.82) is 0 Å². The third-order valence-corrected chi connectivity index (χ3v) is 5.39. The van der Waals surface area contributed by atoms with E-state index in [0.717, 1.165) is 11.5 Å². The Morgan fingerprint density at radius 3 is 2.47 bits per heavy atom. The van der Waals surface area contributed by atoms with Gasteiger partial charge in [-0.2, -0.15) is 0 Å². The van der Waals surface area contributed by atoms with E-state index in [0.29, 0.717) is 18.0 Å². The largest absolute Gasteiger partial charge is 0.573 e. The van der Waals surface area contributed by atoms with Gasteiger partial charge in [-0.05, 0) is 68.1 Å². The third-order valence-electron chi connectivity index (χ3n) is 5.39. The van der Waals surface area contributed by atoms with Crippen LogP contribution in [0.3, 0.4) is 0 Å². The Kier molecular flexibility index (Phi) is 7.40. The summed E-state index contributed by atoms with van der Waals surface area (Å²) in [6.07, 6.45) is 1.15. The van der Waals surface area contributed by atoms with Crippen molar-refractivity contribution >= 4 is 17.4 Å². The summed E-state index contributed by atoms with van der Waals surface area (Å²) in [6.45, 7) is 7.08. The van der Waals surface area contributed by atoms with Crippen LogP contribution in [0.25, 0.3) is 0 Å². The molecule has 1 atom stereocenters. The van der Waals surface area contributed by atoms with E-state index in [1.807, 2.05) is 18.1 Å². The average molecular weight is 479 g/mol. The predicted molar refractivity (Wildman–Crippen MR) is 124 cm³/mol. The summed E-state index contributed by atoms with van der Waals surface area (Å²) in [5.74, 6) is 1.29. The zero-order chi connectivity index (χ0) is 25.1. The van der Waals surface area contributed by atoms with Crippen molar-refractivity contribution < 1.29 is 27.8 Å². The second-order valence-corrected chi connectivity index (χ2v) is 8.89. The van der Waals surface area contributed by atoms with Crippen LogP contribution >= 0.6 is 0 Å². The van der Waals surface area contributed by atoms with Crippen molar-refractivity contribution in [2.75, 3.05) is 23.8 Å². The number of nitrogens with one attached hydrogen (secondary N) is 2. The molecule has 1 aromatic carbocycles. The minimum absolute atomic E-state index is 0.0414. The molecule has 2 aromatic rings. The van der Waals surface area contributed by atoms with E-state index in [2.05, 4.69) is 33.0 Å². The molecular formula is C24H29F3N4O3. The van der Waals surface area contributed by atoms with E-state index >= 15 is 0 Å². The number of alkyl halides is 3. The number of aromatic nitrogens is 1. The first-order valence-corrected chi connectivity index (χ1v) is 10.8. The summed E-state index contributed by atoms with van der Waals surface area (Å²) >= 11 is 0. The van der Waals surface area contributed by atoms with Crippen molar-refractivity contribution in [3.63, 3.8) is 0 Å². The smallest absolute Gasteiger partial charge is 0.406 e. The molecule has 2 aliphatic rings. The number of carbonyl (C=O) groups is 1. The summed E-state index contributed by atoms with van der Waals surface area (Å²) < 4.78 is 39.8. The molecule has 4 rings (SSSR count). The predicted octanol–water partition coefficient (Wildman–Crippen LogP) is 4.48. The molecule has 1 aliphatic heterocycles. The van der Waals surface area contributed by atoms with E-state index in [4.69, 9.17) is 0 Å². The second kappa shape index (κ2) is 9.92. The fourth-order valence-corrected chi connectivity index (χ4v) is 3.68. The minimum atomic E-state index is -4.71. The number of ether oxygens (including phenoxy) is 1. The van der Waals surface area contributed by atoms with Gasteiger partial charge in [-0.3, -0.25) is 4.79 Å². The van der Waals surface area contributed by atoms with Crippen molar-refractivity contribution in [1.82, 2.24) is 10.3 Å². The molecule has 1 saturated carbocycles. The van der Waals surface area contributed by atoms with Crippen LogP contribution in [0, 0.1) is 0 Å². The number of anilines is 2. The first-order chi connectivity index (χ1) is 15.9. The molecule has 34 heavy (non-hydrogen) atoms. The molecule has 3 N–H and O–H groups in total. The van der Waals surface area contributed by atoms with Crippen LogP contribution in [0.1, 0.15) is 49.8 Å². The molecule has 7 nitrogen and oxygen atoms in total. The van der Waals surface area contributed by atoms with Gasteiger partial charge in [0.25, 0.3) is 0 Å². The fraction of sp³-hybridized carbons (Fsp3) is 0.417. The van der Waals surface area contributed by atoms with Crippen LogP contribution in [0.5, 0.6) is 5.75 Å². The number of nitrogens with zero attached hydrogens (tertiary/aromatic N) is 2. The van der Waals surface area contributed by atoms with Gasteiger partial charge in [-0.25, -0.2) is 4.98 Å². The number of fused-ring (bicyclic) bond motifs is 1. The number of likely N-dealkylation sites (N-methyl/N-ethyl adjacent to an activating group) is 1. The highest BCUT2D eigenvalue weighted by atomic mass is 19.4. The Labute approximate surface area is 196 Å². The van der Waals surface area contributed by atoms with Crippen LogP contribution in [0.2, 0.25) is 0 Å². The number of amides is 1. The molecule has 0 saturated heterocycles. The monoisotopic (exact) mass is 478 g/mol. The number of rotatable bonds is 6. The maximum Gasteiger partial charge on any atom is 0.573 e. The second-order valence-electron chi connectivity index (χ2n) is 8.89. The van der Waals surface area contributed by atoms with Crippen LogP contribution in [0.15, 0.2) is 49.3 Å². The molecule has 0 bridgehead atoms. The topological polar surface area (TPSA) is 86.7 Å². The van der Waals surface area contributed by atoms with Gasteiger partial charge in [0.15, 0.2) is 5.82 Å². The quantitative estimate of drug-likeness (QED) is 0.568. The van der Waals surface area contributed by atoms with E-state index < -0.39 is 18.0 Å². The summed E-state index contributed by atoms with van der Waals surface area (Å²) in [5, 5.41) is 15.7. The van der Waals surface area contributed by atoms with Gasteiger partial charge in [0.05, 0.1) is 23.9 Å². The van der Waals surface area contributed by atoms with Gasteiger partial charge < -0.3 is 25.4 Å². The highest BCUT2D eigenvalue weighted by Gasteiger charge is 2.32. The Morgan fingerprint density at radius 1 is 1.29 bits per heavy atom. The van der Waals surface area contributed by atoms with Gasteiger partial charge in [-0.15, -0.1) is 13.2 Å². The van der Waals surface area contributed by atoms with Crippen LogP contribution in [-0.4, -0.2) is 41.6 Å². The first-order valence-electron chi connectivity index (χ1n) is 10.8. The average Bonchev–Trinajstić information content (AvgIpc) is 3.56. The van der Waals surface area contributed by atoms with Crippen molar-refractivity contribution in [3.8, 4) is 5.75 Å². The summed E-state index contributed by atoms with van der Waals surface area (Å²) in [6, 6.07) is 6.90. The minimum Gasteiger partial charge on any atom is -0.406 e. The van der Waals surface area contributed by atoms with E-state index in [9.17, 15) is 23.1 Å². The lowest BCUT2D eigenvalue weighted by molar-refractivity contribution is -0.274. The van der Waals surface area contributed by atoms with Crippen LogP contribution in [-0.2, 0) is 4.79 Å². The Morgan fingerprint density at radius 2 is 1.94 bits per heavy atom. The molecule has 1 aromatic heterocycles. The number of hydrogen-bond acceptors (Lipinski definition) is 6. The molecule has 10 heteroatoms. The molecule has 0 spiro atoms. The van der Waals surface area contributed by atoms with Crippen molar-refractivity contribution in [3.05, 3.63) is 60.4 Å². The van der Waals surface area contributed by atoms with Gasteiger partial charge in [0.2, 0.25) is 5.91 Å². The number of halogens is 3. The molecule has 1 unspecified atom stereocenters. The fourth-order valence-electron chi connectivity index (χ4n) is 3.68. The van der Waals surface area contributed by atoms with Gasteiger partial charge in [-0.1, -0.05) is 18.7 Å². The summed E-state index contributed by atoms with van der Waals surface area (Å²) in [7, 11) is 1.89. The number of hydrogen-bond donors (Lipinski definition) is 3. The molecular weight excluding hydrogens is 449 g/mol. The van der Waals surface area contributed by atoms with Gasteiger partial charge in [0, 0.05) is 13.2 Å². The Bertz CT molecular complexity index is 1020. The standard InChI is InChI=1S/C13H16F3NO2.C11H13N3O/c1-4-17-11(12(2,3)18)9-5-7-10(8-6-9)19-13(14,15)16;1-14-6-10(15)13-9-4-8(7-2-3-7)5-12-11(9)14/h4-8,11,17-18H,1H2,2-3H3;4-5,7H,2-3,6H2,1H3,(H,13,15). The lowest BCUT2D eigenvalue weighted by Crippen LogP contribution is -2.36. The molecule has 1 aliphatic carbocycles. The normalized spacial score (nSPS) is 16.4. The van der Waals surface area contributed by atoms with E-state index in [1.54, 1.807) is 13.8 Å². The van der Waals surface area contributed by atoms with Crippen LogP contribution in [0.4, 0.5) is 24.7 Å². The Balaban J connectivity index is 0.000000195. The maximum atomic E-state index is 12.0. The number of carbonyl (C=O) groups excluding carboxylic acids is 1. The summed E-state index contributed by atoms with van der Waals surface area (Å²) in [5.41, 5.74) is 1.64. The third kappa shape index (κ3) is 6.86.